The number of amides is 1. The van der Waals surface area contributed by atoms with Gasteiger partial charge in [0.05, 0.1) is 5.56 Å². The van der Waals surface area contributed by atoms with Gasteiger partial charge in [0.2, 0.25) is 0 Å². The number of fused-ring (bicyclic) bond motifs is 1. The Kier molecular flexibility index (Phi) is 5.05. The predicted octanol–water partition coefficient (Wildman–Crippen LogP) is 3.89. The molecule has 6 heteroatoms. The van der Waals surface area contributed by atoms with Gasteiger partial charge in [-0.2, -0.15) is 0 Å². The summed E-state index contributed by atoms with van der Waals surface area (Å²) in [5, 5.41) is 7.11. The van der Waals surface area contributed by atoms with Crippen molar-refractivity contribution in [3.05, 3.63) is 59.7 Å². The van der Waals surface area contributed by atoms with Crippen LogP contribution in [0.3, 0.4) is 0 Å². The monoisotopic (exact) mass is 366 g/mol. The number of H-pyrrole nitrogens is 1. The van der Waals surface area contributed by atoms with Crippen molar-refractivity contribution in [2.45, 2.75) is 25.7 Å². The molecule has 1 saturated carbocycles. The van der Waals surface area contributed by atoms with Crippen LogP contribution in [0.25, 0.3) is 10.9 Å². The summed E-state index contributed by atoms with van der Waals surface area (Å²) in [6.07, 6.45) is 7.65. The molecule has 2 heterocycles. The number of aryl methyl sites for hydroxylation is 1. The van der Waals surface area contributed by atoms with Crippen molar-refractivity contribution in [2.75, 3.05) is 18.4 Å². The van der Waals surface area contributed by atoms with Crippen LogP contribution in [0, 0.1) is 11.7 Å². The second kappa shape index (κ2) is 7.78. The van der Waals surface area contributed by atoms with Gasteiger partial charge >= 0.3 is 0 Å². The molecule has 0 atom stereocenters. The van der Waals surface area contributed by atoms with Crippen LogP contribution in [0.1, 0.15) is 35.2 Å². The van der Waals surface area contributed by atoms with Crippen molar-refractivity contribution in [1.29, 1.82) is 0 Å². The van der Waals surface area contributed by atoms with Crippen LogP contribution in [-0.2, 0) is 6.42 Å². The molecule has 0 saturated heterocycles. The van der Waals surface area contributed by atoms with E-state index in [1.807, 2.05) is 12.3 Å². The van der Waals surface area contributed by atoms with Gasteiger partial charge in [-0.1, -0.05) is 0 Å². The molecule has 1 fully saturated rings. The molecule has 2 aromatic heterocycles. The molecule has 3 aromatic rings. The average Bonchev–Trinajstić information content (AvgIpc) is 3.44. The van der Waals surface area contributed by atoms with Crippen molar-refractivity contribution < 1.29 is 9.18 Å². The highest BCUT2D eigenvalue weighted by atomic mass is 19.1. The van der Waals surface area contributed by atoms with Gasteiger partial charge in [-0.3, -0.25) is 4.79 Å². The number of nitrogens with one attached hydrogen (secondary N) is 3. The minimum absolute atomic E-state index is 0.124. The SMILES string of the molecule is O=C(NCCCc1c[nH]c2ccc(F)cc12)c1ccc(NCC2CC2)nc1. The number of rotatable bonds is 8. The molecule has 0 spiro atoms. The zero-order valence-electron chi connectivity index (χ0n) is 15.1. The number of nitrogens with zero attached hydrogens (tertiary/aromatic N) is 1. The fourth-order valence-electron chi connectivity index (χ4n) is 3.14. The largest absolute Gasteiger partial charge is 0.370 e. The summed E-state index contributed by atoms with van der Waals surface area (Å²) in [5.41, 5.74) is 2.55. The zero-order valence-corrected chi connectivity index (χ0v) is 15.1. The minimum Gasteiger partial charge on any atom is -0.370 e. The summed E-state index contributed by atoms with van der Waals surface area (Å²) in [5.74, 6) is 1.23. The van der Waals surface area contributed by atoms with Gasteiger partial charge in [0.15, 0.2) is 0 Å². The van der Waals surface area contributed by atoms with E-state index in [0.717, 1.165) is 47.6 Å². The summed E-state index contributed by atoms with van der Waals surface area (Å²) in [7, 11) is 0. The Bertz CT molecular complexity index is 931. The molecule has 140 valence electrons. The highest BCUT2D eigenvalue weighted by Gasteiger charge is 2.20. The molecule has 1 aliphatic rings. The van der Waals surface area contributed by atoms with Gasteiger partial charge in [-0.05, 0) is 67.5 Å². The molecule has 1 aliphatic carbocycles. The van der Waals surface area contributed by atoms with E-state index in [1.165, 1.54) is 18.9 Å². The Labute approximate surface area is 157 Å². The molecule has 1 aromatic carbocycles. The Hall–Kier alpha value is -2.89. The number of carbonyl (C=O) groups excluding carboxylic acids is 1. The summed E-state index contributed by atoms with van der Waals surface area (Å²) >= 11 is 0. The Morgan fingerprint density at radius 1 is 1.26 bits per heavy atom. The van der Waals surface area contributed by atoms with Gasteiger partial charge in [-0.15, -0.1) is 0 Å². The molecular formula is C21H23FN4O. The molecule has 5 nitrogen and oxygen atoms in total. The number of carbonyl (C=O) groups is 1. The topological polar surface area (TPSA) is 69.8 Å². The van der Waals surface area contributed by atoms with Crippen molar-refractivity contribution in [3.8, 4) is 0 Å². The first-order valence-corrected chi connectivity index (χ1v) is 9.43. The van der Waals surface area contributed by atoms with Gasteiger partial charge in [0.1, 0.15) is 11.6 Å². The Morgan fingerprint density at radius 3 is 2.93 bits per heavy atom. The highest BCUT2D eigenvalue weighted by Crippen LogP contribution is 2.28. The minimum atomic E-state index is -0.237. The number of pyridine rings is 1. The third kappa shape index (κ3) is 4.45. The van der Waals surface area contributed by atoms with Crippen LogP contribution in [-0.4, -0.2) is 29.0 Å². The van der Waals surface area contributed by atoms with Crippen LogP contribution >= 0.6 is 0 Å². The number of aromatic nitrogens is 2. The maximum atomic E-state index is 13.4. The van der Waals surface area contributed by atoms with Gasteiger partial charge < -0.3 is 15.6 Å². The lowest BCUT2D eigenvalue weighted by atomic mass is 10.1. The third-order valence-corrected chi connectivity index (χ3v) is 4.93. The molecule has 4 rings (SSSR count). The van der Waals surface area contributed by atoms with E-state index < -0.39 is 0 Å². The van der Waals surface area contributed by atoms with Crippen molar-refractivity contribution in [2.24, 2.45) is 5.92 Å². The third-order valence-electron chi connectivity index (χ3n) is 4.93. The van der Waals surface area contributed by atoms with E-state index in [-0.39, 0.29) is 11.7 Å². The van der Waals surface area contributed by atoms with E-state index in [9.17, 15) is 9.18 Å². The molecular weight excluding hydrogens is 343 g/mol. The molecule has 0 aliphatic heterocycles. The fourth-order valence-corrected chi connectivity index (χ4v) is 3.14. The quantitative estimate of drug-likeness (QED) is 0.530. The van der Waals surface area contributed by atoms with Crippen molar-refractivity contribution in [1.82, 2.24) is 15.3 Å². The lowest BCUT2D eigenvalue weighted by Gasteiger charge is -2.07. The summed E-state index contributed by atoms with van der Waals surface area (Å²) in [6.45, 7) is 1.51. The van der Waals surface area contributed by atoms with E-state index in [0.29, 0.717) is 12.1 Å². The van der Waals surface area contributed by atoms with Crippen LogP contribution in [0.2, 0.25) is 0 Å². The molecule has 0 radical (unpaired) electrons. The van der Waals surface area contributed by atoms with Crippen LogP contribution in [0.15, 0.2) is 42.7 Å². The van der Waals surface area contributed by atoms with Crippen molar-refractivity contribution in [3.63, 3.8) is 0 Å². The summed E-state index contributed by atoms with van der Waals surface area (Å²) < 4.78 is 13.4. The van der Waals surface area contributed by atoms with E-state index in [1.54, 1.807) is 24.4 Å². The maximum Gasteiger partial charge on any atom is 0.252 e. The zero-order chi connectivity index (χ0) is 18.6. The Morgan fingerprint density at radius 2 is 2.15 bits per heavy atom. The second-order valence-electron chi connectivity index (χ2n) is 7.12. The van der Waals surface area contributed by atoms with Crippen LogP contribution in [0.4, 0.5) is 10.2 Å². The number of benzene rings is 1. The van der Waals surface area contributed by atoms with Crippen LogP contribution in [0.5, 0.6) is 0 Å². The van der Waals surface area contributed by atoms with E-state index in [2.05, 4.69) is 20.6 Å². The van der Waals surface area contributed by atoms with Gasteiger partial charge in [0, 0.05) is 36.4 Å². The number of aromatic amines is 1. The van der Waals surface area contributed by atoms with E-state index in [4.69, 9.17) is 0 Å². The lowest BCUT2D eigenvalue weighted by molar-refractivity contribution is 0.0953. The second-order valence-corrected chi connectivity index (χ2v) is 7.12. The van der Waals surface area contributed by atoms with Crippen LogP contribution < -0.4 is 10.6 Å². The van der Waals surface area contributed by atoms with Gasteiger partial charge in [0.25, 0.3) is 5.91 Å². The standard InChI is InChI=1S/C21H23FN4O/c22-17-6-7-19-18(10-17)15(12-24-19)2-1-9-23-21(27)16-5-8-20(26-13-16)25-11-14-3-4-14/h5-8,10,12-14,24H,1-4,9,11H2,(H,23,27)(H,25,26). The fraction of sp³-hybridized carbons (Fsp3) is 0.333. The number of hydrogen-bond acceptors (Lipinski definition) is 3. The number of hydrogen-bond donors (Lipinski definition) is 3. The smallest absolute Gasteiger partial charge is 0.252 e. The summed E-state index contributed by atoms with van der Waals surface area (Å²) in [4.78, 5) is 19.7. The lowest BCUT2D eigenvalue weighted by Crippen LogP contribution is -2.25. The number of halogens is 1. The molecule has 3 N–H and O–H groups in total. The maximum absolute atomic E-state index is 13.4. The predicted molar refractivity (Wildman–Crippen MR) is 104 cm³/mol. The van der Waals surface area contributed by atoms with Gasteiger partial charge in [-0.25, -0.2) is 9.37 Å². The number of anilines is 1. The molecule has 1 amide bonds. The van der Waals surface area contributed by atoms with Crippen molar-refractivity contribution >= 4 is 22.6 Å². The van der Waals surface area contributed by atoms with E-state index >= 15 is 0 Å². The molecule has 0 unspecified atom stereocenters. The normalized spacial score (nSPS) is 13.7. The highest BCUT2D eigenvalue weighted by molar-refractivity contribution is 5.94. The first-order chi connectivity index (χ1) is 13.2. The Balaban J connectivity index is 1.24. The first-order valence-electron chi connectivity index (χ1n) is 9.43. The average molecular weight is 366 g/mol. The summed E-state index contributed by atoms with van der Waals surface area (Å²) in [6, 6.07) is 8.37. The molecule has 0 bridgehead atoms. The molecule has 27 heavy (non-hydrogen) atoms. The first kappa shape index (κ1) is 17.5.